The SMILES string of the molecule is C[C@H]1C(=O)N2[C@@H](CCC(=O)O)CC[C@H]2CN1C(=O)OCc1ccccc1. The number of carbonyl (C=O) groups is 3. The number of nitrogens with zero attached hydrogens (tertiary/aromatic N) is 2. The van der Waals surface area contributed by atoms with Crippen LogP contribution >= 0.6 is 0 Å². The van der Waals surface area contributed by atoms with E-state index in [0.29, 0.717) is 13.0 Å². The molecular formula is C19H24N2O5. The fourth-order valence-electron chi connectivity index (χ4n) is 3.84. The standard InChI is InChI=1S/C19H24N2O5/c1-13-18(24)21-15(9-10-17(22)23)7-8-16(21)11-20(13)19(25)26-12-14-5-3-2-4-6-14/h2-6,13,15-16H,7-12H2,1H3,(H,22,23)/t13-,15+,16-/m0/s1. The molecule has 26 heavy (non-hydrogen) atoms. The van der Waals surface area contributed by atoms with Gasteiger partial charge in [-0.2, -0.15) is 0 Å². The number of ether oxygens (including phenoxy) is 1. The highest BCUT2D eigenvalue weighted by Gasteiger charge is 2.46. The van der Waals surface area contributed by atoms with Gasteiger partial charge in [-0.25, -0.2) is 4.79 Å². The third kappa shape index (κ3) is 3.81. The zero-order chi connectivity index (χ0) is 18.7. The number of piperazine rings is 1. The van der Waals surface area contributed by atoms with E-state index in [1.807, 2.05) is 30.3 Å². The van der Waals surface area contributed by atoms with Gasteiger partial charge in [-0.3, -0.25) is 14.5 Å². The van der Waals surface area contributed by atoms with Crippen LogP contribution in [0.5, 0.6) is 0 Å². The van der Waals surface area contributed by atoms with Crippen molar-refractivity contribution in [3.63, 3.8) is 0 Å². The summed E-state index contributed by atoms with van der Waals surface area (Å²) in [6, 6.07) is 8.71. The van der Waals surface area contributed by atoms with Gasteiger partial charge in [0.05, 0.1) is 0 Å². The quantitative estimate of drug-likeness (QED) is 0.870. The van der Waals surface area contributed by atoms with E-state index in [-0.39, 0.29) is 31.0 Å². The number of carboxylic acids is 1. The Morgan fingerprint density at radius 3 is 2.65 bits per heavy atom. The molecule has 2 saturated heterocycles. The van der Waals surface area contributed by atoms with Crippen molar-refractivity contribution in [2.75, 3.05) is 6.54 Å². The Balaban J connectivity index is 1.61. The van der Waals surface area contributed by atoms with Crippen LogP contribution in [0.1, 0.15) is 38.2 Å². The third-order valence-electron chi connectivity index (χ3n) is 5.24. The summed E-state index contributed by atoms with van der Waals surface area (Å²) in [7, 11) is 0. The molecule has 1 N–H and O–H groups in total. The molecule has 7 nitrogen and oxygen atoms in total. The maximum absolute atomic E-state index is 12.8. The molecule has 3 atom stereocenters. The van der Waals surface area contributed by atoms with E-state index in [9.17, 15) is 14.4 Å². The fraction of sp³-hybridized carbons (Fsp3) is 0.526. The Labute approximate surface area is 152 Å². The van der Waals surface area contributed by atoms with E-state index in [4.69, 9.17) is 9.84 Å². The molecule has 0 bridgehead atoms. The van der Waals surface area contributed by atoms with E-state index >= 15 is 0 Å². The number of fused-ring (bicyclic) bond motifs is 1. The van der Waals surface area contributed by atoms with Gasteiger partial charge in [0.2, 0.25) is 5.91 Å². The molecule has 2 aliphatic heterocycles. The van der Waals surface area contributed by atoms with Crippen LogP contribution in [0.4, 0.5) is 4.79 Å². The smallest absolute Gasteiger partial charge is 0.410 e. The van der Waals surface area contributed by atoms with Crippen LogP contribution in [0.2, 0.25) is 0 Å². The lowest BCUT2D eigenvalue weighted by Crippen LogP contribution is -2.61. The van der Waals surface area contributed by atoms with Gasteiger partial charge >= 0.3 is 12.1 Å². The van der Waals surface area contributed by atoms with Crippen LogP contribution in [0.3, 0.4) is 0 Å². The first-order chi connectivity index (χ1) is 12.5. The molecule has 0 radical (unpaired) electrons. The summed E-state index contributed by atoms with van der Waals surface area (Å²) >= 11 is 0. The Kier molecular flexibility index (Phi) is 5.44. The zero-order valence-corrected chi connectivity index (χ0v) is 14.8. The van der Waals surface area contributed by atoms with Crippen molar-refractivity contribution >= 4 is 18.0 Å². The molecular weight excluding hydrogens is 336 g/mol. The molecule has 1 aromatic carbocycles. The molecule has 0 unspecified atom stereocenters. The minimum atomic E-state index is -0.850. The van der Waals surface area contributed by atoms with Crippen LogP contribution in [-0.4, -0.2) is 57.5 Å². The van der Waals surface area contributed by atoms with E-state index in [0.717, 1.165) is 18.4 Å². The van der Waals surface area contributed by atoms with Crippen molar-refractivity contribution < 1.29 is 24.2 Å². The van der Waals surface area contributed by atoms with Gasteiger partial charge in [-0.15, -0.1) is 0 Å². The fourth-order valence-corrected chi connectivity index (χ4v) is 3.84. The third-order valence-corrected chi connectivity index (χ3v) is 5.24. The predicted octanol–water partition coefficient (Wildman–Crippen LogP) is 2.25. The lowest BCUT2D eigenvalue weighted by atomic mass is 10.1. The molecule has 0 spiro atoms. The maximum Gasteiger partial charge on any atom is 0.410 e. The van der Waals surface area contributed by atoms with E-state index < -0.39 is 18.1 Å². The molecule has 140 valence electrons. The Morgan fingerprint density at radius 1 is 1.23 bits per heavy atom. The Bertz CT molecular complexity index is 678. The number of benzene rings is 1. The van der Waals surface area contributed by atoms with Gasteiger partial charge in [0.1, 0.15) is 12.6 Å². The first-order valence-electron chi connectivity index (χ1n) is 8.98. The van der Waals surface area contributed by atoms with Crippen molar-refractivity contribution in [3.05, 3.63) is 35.9 Å². The van der Waals surface area contributed by atoms with Crippen LogP contribution in [-0.2, 0) is 20.9 Å². The lowest BCUT2D eigenvalue weighted by Gasteiger charge is -2.43. The maximum atomic E-state index is 12.8. The van der Waals surface area contributed by atoms with Crippen LogP contribution in [0, 0.1) is 0 Å². The number of hydrogen-bond donors (Lipinski definition) is 1. The highest BCUT2D eigenvalue weighted by Crippen LogP contribution is 2.33. The lowest BCUT2D eigenvalue weighted by molar-refractivity contribution is -0.145. The van der Waals surface area contributed by atoms with Gasteiger partial charge in [0, 0.05) is 25.0 Å². The Morgan fingerprint density at radius 2 is 1.96 bits per heavy atom. The van der Waals surface area contributed by atoms with Gasteiger partial charge < -0.3 is 14.7 Å². The molecule has 0 aliphatic carbocycles. The second kappa shape index (κ2) is 7.76. The van der Waals surface area contributed by atoms with Crippen molar-refractivity contribution in [1.29, 1.82) is 0 Å². The largest absolute Gasteiger partial charge is 0.481 e. The molecule has 3 rings (SSSR count). The zero-order valence-electron chi connectivity index (χ0n) is 14.8. The topological polar surface area (TPSA) is 87.2 Å². The summed E-state index contributed by atoms with van der Waals surface area (Å²) in [6.45, 7) is 2.31. The number of amides is 2. The molecule has 2 amide bonds. The summed E-state index contributed by atoms with van der Waals surface area (Å²) in [4.78, 5) is 39.4. The summed E-state index contributed by atoms with van der Waals surface area (Å²) < 4.78 is 5.38. The highest BCUT2D eigenvalue weighted by atomic mass is 16.6. The molecule has 2 heterocycles. The minimum absolute atomic E-state index is 0.0476. The molecule has 2 aliphatic rings. The predicted molar refractivity (Wildman–Crippen MR) is 93.3 cm³/mol. The second-order valence-electron chi connectivity index (χ2n) is 6.93. The first kappa shape index (κ1) is 18.2. The summed E-state index contributed by atoms with van der Waals surface area (Å²) in [5, 5.41) is 8.88. The van der Waals surface area contributed by atoms with Gasteiger partial charge in [-0.1, -0.05) is 30.3 Å². The van der Waals surface area contributed by atoms with Gasteiger partial charge in [0.25, 0.3) is 0 Å². The van der Waals surface area contributed by atoms with Crippen molar-refractivity contribution in [1.82, 2.24) is 9.80 Å². The number of hydrogen-bond acceptors (Lipinski definition) is 4. The summed E-state index contributed by atoms with van der Waals surface area (Å²) in [5.41, 5.74) is 0.896. The van der Waals surface area contributed by atoms with Crippen LogP contribution in [0.25, 0.3) is 0 Å². The summed E-state index contributed by atoms with van der Waals surface area (Å²) in [6.07, 6.45) is 1.60. The monoisotopic (exact) mass is 360 g/mol. The Hall–Kier alpha value is -2.57. The van der Waals surface area contributed by atoms with Crippen LogP contribution in [0.15, 0.2) is 30.3 Å². The van der Waals surface area contributed by atoms with E-state index in [1.165, 1.54) is 4.90 Å². The minimum Gasteiger partial charge on any atom is -0.481 e. The van der Waals surface area contributed by atoms with Crippen LogP contribution < -0.4 is 0 Å². The second-order valence-corrected chi connectivity index (χ2v) is 6.93. The molecule has 7 heteroatoms. The van der Waals surface area contributed by atoms with Crippen molar-refractivity contribution in [2.45, 2.75) is 57.3 Å². The van der Waals surface area contributed by atoms with Gasteiger partial charge in [-0.05, 0) is 31.7 Å². The highest BCUT2D eigenvalue weighted by molar-refractivity contribution is 5.87. The first-order valence-corrected chi connectivity index (χ1v) is 8.98. The van der Waals surface area contributed by atoms with Crippen molar-refractivity contribution in [3.8, 4) is 0 Å². The normalized spacial score (nSPS) is 25.1. The van der Waals surface area contributed by atoms with Crippen molar-refractivity contribution in [2.24, 2.45) is 0 Å². The average molecular weight is 360 g/mol. The summed E-state index contributed by atoms with van der Waals surface area (Å²) in [5.74, 6) is -0.970. The van der Waals surface area contributed by atoms with Gasteiger partial charge in [0.15, 0.2) is 0 Å². The number of carboxylic acid groups (broad SMARTS) is 1. The number of aliphatic carboxylic acids is 1. The van der Waals surface area contributed by atoms with E-state index in [2.05, 4.69) is 0 Å². The number of carbonyl (C=O) groups excluding carboxylic acids is 2. The van der Waals surface area contributed by atoms with E-state index in [1.54, 1.807) is 11.8 Å². The molecule has 1 aromatic rings. The number of rotatable bonds is 5. The molecule has 0 saturated carbocycles. The average Bonchev–Trinajstić information content (AvgIpc) is 3.05. The molecule has 0 aromatic heterocycles. The molecule has 2 fully saturated rings.